The van der Waals surface area contributed by atoms with E-state index in [4.69, 9.17) is 11.6 Å². The number of aromatic amines is 1. The van der Waals surface area contributed by atoms with Crippen LogP contribution < -0.4 is 5.32 Å². The average molecular weight is 254 g/mol. The Morgan fingerprint density at radius 1 is 1.47 bits per heavy atom. The van der Waals surface area contributed by atoms with Crippen molar-refractivity contribution in [3.63, 3.8) is 0 Å². The Morgan fingerprint density at radius 3 is 3.00 bits per heavy atom. The van der Waals surface area contributed by atoms with Gasteiger partial charge in [-0.25, -0.2) is 9.37 Å². The van der Waals surface area contributed by atoms with E-state index in [0.717, 1.165) is 18.8 Å². The Hall–Kier alpha value is -1.39. The van der Waals surface area contributed by atoms with Crippen LogP contribution in [0.1, 0.15) is 5.82 Å². The second-order valence-corrected chi connectivity index (χ2v) is 4.09. The monoisotopic (exact) mass is 253 g/mol. The van der Waals surface area contributed by atoms with Gasteiger partial charge < -0.3 is 10.3 Å². The van der Waals surface area contributed by atoms with Crippen molar-refractivity contribution in [2.24, 2.45) is 0 Å². The van der Waals surface area contributed by atoms with Crippen molar-refractivity contribution in [2.45, 2.75) is 6.42 Å². The van der Waals surface area contributed by atoms with Gasteiger partial charge in [0.2, 0.25) is 0 Å². The number of hydrogen-bond donors (Lipinski definition) is 2. The molecular formula is C12H13ClFN3. The molecule has 90 valence electrons. The lowest BCUT2D eigenvalue weighted by Crippen LogP contribution is -2.11. The fraction of sp³-hybridized carbons (Fsp3) is 0.250. The van der Waals surface area contributed by atoms with Crippen molar-refractivity contribution in [2.75, 3.05) is 13.6 Å². The molecule has 17 heavy (non-hydrogen) atoms. The predicted molar refractivity (Wildman–Crippen MR) is 66.6 cm³/mol. The highest BCUT2D eigenvalue weighted by Crippen LogP contribution is 2.25. The summed E-state index contributed by atoms with van der Waals surface area (Å²) in [5.74, 6) is 0.502. The molecule has 0 aliphatic rings. The van der Waals surface area contributed by atoms with Crippen LogP contribution >= 0.6 is 11.6 Å². The third-order valence-electron chi connectivity index (χ3n) is 2.42. The quantitative estimate of drug-likeness (QED) is 0.880. The Morgan fingerprint density at radius 2 is 2.29 bits per heavy atom. The first kappa shape index (κ1) is 12.1. The molecular weight excluding hydrogens is 241 g/mol. The van der Waals surface area contributed by atoms with Gasteiger partial charge in [0.25, 0.3) is 0 Å². The van der Waals surface area contributed by atoms with Crippen LogP contribution in [-0.2, 0) is 6.42 Å². The van der Waals surface area contributed by atoms with Crippen molar-refractivity contribution >= 4 is 11.6 Å². The summed E-state index contributed by atoms with van der Waals surface area (Å²) in [5.41, 5.74) is 1.28. The molecule has 0 saturated carbocycles. The first-order valence-corrected chi connectivity index (χ1v) is 5.73. The van der Waals surface area contributed by atoms with Crippen LogP contribution in [0.2, 0.25) is 5.15 Å². The van der Waals surface area contributed by atoms with Gasteiger partial charge in [-0.1, -0.05) is 23.7 Å². The molecule has 0 bridgehead atoms. The number of halogens is 2. The number of H-pyrrole nitrogens is 1. The smallest absolute Gasteiger partial charge is 0.134 e. The standard InChI is InChI=1S/C12H13ClFN3/c1-15-6-5-10-16-11(12(13)17-10)8-3-2-4-9(14)7-8/h2-4,7,15H,5-6H2,1H3,(H,16,17). The number of likely N-dealkylation sites (N-methyl/N-ethyl adjacent to an activating group) is 1. The maximum atomic E-state index is 13.1. The normalized spacial score (nSPS) is 10.8. The van der Waals surface area contributed by atoms with Crippen LogP contribution in [0.3, 0.4) is 0 Å². The number of nitrogens with zero attached hydrogens (tertiary/aromatic N) is 1. The molecule has 0 unspecified atom stereocenters. The summed E-state index contributed by atoms with van der Waals surface area (Å²) >= 11 is 6.05. The van der Waals surface area contributed by atoms with Crippen LogP contribution in [0, 0.1) is 5.82 Å². The van der Waals surface area contributed by atoms with Crippen molar-refractivity contribution in [1.29, 1.82) is 0 Å². The summed E-state index contributed by atoms with van der Waals surface area (Å²) in [6.45, 7) is 0.812. The van der Waals surface area contributed by atoms with Crippen molar-refractivity contribution in [1.82, 2.24) is 15.3 Å². The Kier molecular flexibility index (Phi) is 3.76. The number of aromatic nitrogens is 2. The molecule has 0 radical (unpaired) electrons. The molecule has 5 heteroatoms. The topological polar surface area (TPSA) is 40.7 Å². The van der Waals surface area contributed by atoms with E-state index in [1.165, 1.54) is 12.1 Å². The molecule has 1 aromatic carbocycles. The zero-order chi connectivity index (χ0) is 12.3. The Balaban J connectivity index is 2.29. The maximum Gasteiger partial charge on any atom is 0.134 e. The predicted octanol–water partition coefficient (Wildman–Crippen LogP) is 2.63. The van der Waals surface area contributed by atoms with Gasteiger partial charge >= 0.3 is 0 Å². The highest BCUT2D eigenvalue weighted by molar-refractivity contribution is 6.31. The number of benzene rings is 1. The molecule has 0 spiro atoms. The van der Waals surface area contributed by atoms with Gasteiger partial charge in [-0.15, -0.1) is 0 Å². The largest absolute Gasteiger partial charge is 0.332 e. The average Bonchev–Trinajstić information content (AvgIpc) is 2.68. The lowest BCUT2D eigenvalue weighted by atomic mass is 10.2. The number of nitrogens with one attached hydrogen (secondary N) is 2. The number of hydrogen-bond acceptors (Lipinski definition) is 2. The molecule has 2 N–H and O–H groups in total. The lowest BCUT2D eigenvalue weighted by molar-refractivity contribution is 0.628. The highest BCUT2D eigenvalue weighted by Gasteiger charge is 2.10. The first-order chi connectivity index (χ1) is 8.20. The van der Waals surface area contributed by atoms with E-state index >= 15 is 0 Å². The summed E-state index contributed by atoms with van der Waals surface area (Å²) in [6.07, 6.45) is 0.755. The second-order valence-electron chi connectivity index (χ2n) is 3.71. The van der Waals surface area contributed by atoms with Gasteiger partial charge in [0.05, 0.1) is 0 Å². The van der Waals surface area contributed by atoms with Gasteiger partial charge in [-0.2, -0.15) is 0 Å². The van der Waals surface area contributed by atoms with E-state index in [1.54, 1.807) is 12.1 Å². The van der Waals surface area contributed by atoms with Crippen LogP contribution in [0.4, 0.5) is 4.39 Å². The van der Waals surface area contributed by atoms with E-state index in [2.05, 4.69) is 15.3 Å². The summed E-state index contributed by atoms with van der Waals surface area (Å²) in [7, 11) is 1.87. The molecule has 0 fully saturated rings. The molecule has 2 rings (SSSR count). The summed E-state index contributed by atoms with van der Waals surface area (Å²) in [5, 5.41) is 3.48. The minimum atomic E-state index is -0.293. The molecule has 2 aromatic rings. The fourth-order valence-electron chi connectivity index (χ4n) is 1.59. The maximum absolute atomic E-state index is 13.1. The zero-order valence-electron chi connectivity index (χ0n) is 9.43. The van der Waals surface area contributed by atoms with Crippen LogP contribution in [0.5, 0.6) is 0 Å². The molecule has 0 saturated heterocycles. The fourth-order valence-corrected chi connectivity index (χ4v) is 1.85. The second kappa shape index (κ2) is 5.29. The van der Waals surface area contributed by atoms with Gasteiger partial charge in [0, 0.05) is 18.5 Å². The zero-order valence-corrected chi connectivity index (χ0v) is 10.2. The summed E-state index contributed by atoms with van der Waals surface area (Å²) in [6, 6.07) is 6.24. The molecule has 0 amide bonds. The van der Waals surface area contributed by atoms with Crippen LogP contribution in [0.15, 0.2) is 24.3 Å². The minimum Gasteiger partial charge on any atom is -0.332 e. The molecule has 1 heterocycles. The number of imidazole rings is 1. The van der Waals surface area contributed by atoms with Crippen molar-refractivity contribution in [3.8, 4) is 11.3 Å². The van der Waals surface area contributed by atoms with Gasteiger partial charge in [-0.3, -0.25) is 0 Å². The van der Waals surface area contributed by atoms with Gasteiger partial charge in [0.1, 0.15) is 22.5 Å². The third kappa shape index (κ3) is 2.84. The lowest BCUT2D eigenvalue weighted by Gasteiger charge is -1.97. The molecule has 0 aliphatic heterocycles. The van der Waals surface area contributed by atoms with Crippen molar-refractivity contribution in [3.05, 3.63) is 41.1 Å². The SMILES string of the molecule is CNCCc1nc(-c2cccc(F)c2)c(Cl)[nH]1. The Bertz CT molecular complexity index is 510. The highest BCUT2D eigenvalue weighted by atomic mass is 35.5. The van der Waals surface area contributed by atoms with Gasteiger partial charge in [0.15, 0.2) is 0 Å². The summed E-state index contributed by atoms with van der Waals surface area (Å²) in [4.78, 5) is 7.35. The minimum absolute atomic E-state index is 0.293. The van der Waals surface area contributed by atoms with E-state index in [-0.39, 0.29) is 5.82 Å². The van der Waals surface area contributed by atoms with E-state index in [9.17, 15) is 4.39 Å². The third-order valence-corrected chi connectivity index (χ3v) is 2.69. The Labute approximate surface area is 104 Å². The van der Waals surface area contributed by atoms with E-state index < -0.39 is 0 Å². The molecule has 1 aromatic heterocycles. The van der Waals surface area contributed by atoms with Crippen LogP contribution in [0.25, 0.3) is 11.3 Å². The molecule has 0 atom stereocenters. The first-order valence-electron chi connectivity index (χ1n) is 5.35. The van der Waals surface area contributed by atoms with Crippen molar-refractivity contribution < 1.29 is 4.39 Å². The van der Waals surface area contributed by atoms with E-state index in [0.29, 0.717) is 16.4 Å². The van der Waals surface area contributed by atoms with Crippen LogP contribution in [-0.4, -0.2) is 23.6 Å². The molecule has 3 nitrogen and oxygen atoms in total. The van der Waals surface area contributed by atoms with E-state index in [1.807, 2.05) is 7.05 Å². The number of rotatable bonds is 4. The summed E-state index contributed by atoms with van der Waals surface area (Å²) < 4.78 is 13.1. The molecule has 0 aliphatic carbocycles. The van der Waals surface area contributed by atoms with Gasteiger partial charge in [-0.05, 0) is 19.2 Å².